The standard InChI is InChI=1S/C40H51N7O4.C22H30FN2O7P.2CO2/c1-24(2)35(41-5)38(48)47-20-8-10-34(47)37-43-23-32(44-37)29-17-15-27(16-18-29)26-11-13-28(14-12-26)30-21-31(42-22-30)33-9-7-19-46(33)39(49)36(25(3)4)45-40(50)51-6;1-14(2)15(3)24-33(29,32-17-8-6-5-7-9-17)30-13-18-20(28)22(4,23)21(31-18)25-11-10-16(26)12-19(25)27;2*2-1-3/h11-18,22-25,33-36,41H,7-10,19-21H2,1-6H3,(H,43,44)(H,45,50);5-11,14-15,18,20-21,28H,12-13H2,1-4H3,(H,24,29);;/t33-,34-,35-,36-;15?,18-,20-,21-,22-,33+;;/m01../s1. The molecule has 10 atom stereocenters. The SMILES string of the molecule is CC(C)C(C)N[P@](=O)(OC[C@H]1O[C@@H](N2C=CC(=O)CC2=O)[C@](C)(F)[C@@H]1O)Oc1ccccc1.CN[C@H](C(=O)N1CCC[C@H]1c1ncc(-c2ccc(-c3ccc(C4=CN=C([C@@H]5CCCN5C(=O)[C@@H](NC(=O)OC)C(C)C)C4)cc3)cc2)[nH]1)C(C)C.O=C=O.O=C=O. The van der Waals surface area contributed by atoms with E-state index < -0.39 is 68.7 Å². The minimum Gasteiger partial charge on any atom is -0.453 e. The monoisotopic (exact) mass is 1270 g/mol. The molecule has 3 fully saturated rings. The highest BCUT2D eigenvalue weighted by Gasteiger charge is 2.58. The van der Waals surface area contributed by atoms with E-state index in [0.29, 0.717) is 18.7 Å². The van der Waals surface area contributed by atoms with Crippen molar-refractivity contribution in [2.24, 2.45) is 22.7 Å². The third-order valence-electron chi connectivity index (χ3n) is 16.3. The Morgan fingerprint density at radius 2 is 1.37 bits per heavy atom. The molecule has 90 heavy (non-hydrogen) atoms. The second kappa shape index (κ2) is 32.6. The van der Waals surface area contributed by atoms with Crippen molar-refractivity contribution in [2.75, 3.05) is 33.9 Å². The van der Waals surface area contributed by atoms with E-state index in [1.807, 2.05) is 63.9 Å². The molecule has 24 nitrogen and oxygen atoms in total. The summed E-state index contributed by atoms with van der Waals surface area (Å²) in [6.45, 7) is 15.7. The fraction of sp³-hybridized carbons (Fsp3) is 0.484. The number of likely N-dealkylation sites (tertiary alicyclic amines) is 2. The number of ketones is 1. The van der Waals surface area contributed by atoms with Crippen molar-refractivity contribution in [3.63, 3.8) is 0 Å². The molecular weight excluding hydrogens is 1180 g/mol. The highest BCUT2D eigenvalue weighted by Crippen LogP contribution is 2.47. The number of hydrogen-bond donors (Lipinski definition) is 5. The van der Waals surface area contributed by atoms with E-state index in [9.17, 15) is 33.6 Å². The number of hydrogen-bond acceptors (Lipinski definition) is 18. The van der Waals surface area contributed by atoms with Crippen molar-refractivity contribution in [3.8, 4) is 28.1 Å². The van der Waals surface area contributed by atoms with Crippen LogP contribution >= 0.6 is 7.75 Å². The fourth-order valence-corrected chi connectivity index (χ4v) is 12.8. The van der Waals surface area contributed by atoms with Crippen molar-refractivity contribution in [1.29, 1.82) is 0 Å². The summed E-state index contributed by atoms with van der Waals surface area (Å²) >= 11 is 0. The van der Waals surface area contributed by atoms with Gasteiger partial charge in [-0.3, -0.25) is 33.6 Å². The van der Waals surface area contributed by atoms with Gasteiger partial charge in [0.25, 0.3) is 0 Å². The number of ether oxygens (including phenoxy) is 2. The number of benzene rings is 3. The Balaban J connectivity index is 0.000000284. The second-order valence-corrected chi connectivity index (χ2v) is 25.1. The molecule has 5 aliphatic rings. The van der Waals surface area contributed by atoms with Crippen LogP contribution in [-0.4, -0.2) is 160 Å². The second-order valence-electron chi connectivity index (χ2n) is 23.4. The molecular formula is C64H81FN9O15P. The molecule has 0 radical (unpaired) electrons. The average molecular weight is 1270 g/mol. The highest BCUT2D eigenvalue weighted by atomic mass is 31.2. The van der Waals surface area contributed by atoms with Crippen LogP contribution in [0, 0.1) is 17.8 Å². The molecule has 0 bridgehead atoms. The first-order valence-corrected chi connectivity index (χ1v) is 31.3. The maximum atomic E-state index is 15.4. The minimum atomic E-state index is -3.95. The van der Waals surface area contributed by atoms with Crippen molar-refractivity contribution in [2.45, 2.75) is 148 Å². The Labute approximate surface area is 523 Å². The summed E-state index contributed by atoms with van der Waals surface area (Å²) < 4.78 is 50.5. The number of aromatic nitrogens is 2. The Bertz CT molecular complexity index is 3310. The van der Waals surface area contributed by atoms with Gasteiger partial charge in [0, 0.05) is 43.7 Å². The summed E-state index contributed by atoms with van der Waals surface area (Å²) in [5, 5.41) is 19.3. The number of aliphatic imine (C=N–C) groups is 1. The van der Waals surface area contributed by atoms with Gasteiger partial charge >= 0.3 is 26.1 Å². The highest BCUT2D eigenvalue weighted by molar-refractivity contribution is 7.52. The van der Waals surface area contributed by atoms with Gasteiger partial charge in [-0.25, -0.2) is 23.8 Å². The number of alkyl carbamates (subject to hydrolysis) is 1. The molecule has 484 valence electrons. The zero-order chi connectivity index (χ0) is 66.0. The first-order chi connectivity index (χ1) is 42.8. The third-order valence-corrected chi connectivity index (χ3v) is 18.0. The number of nitrogens with one attached hydrogen (secondary N) is 4. The van der Waals surface area contributed by atoms with Crippen LogP contribution in [0.15, 0.2) is 109 Å². The number of carbonyl (C=O) groups excluding carboxylic acids is 9. The predicted octanol–water partition coefficient (Wildman–Crippen LogP) is 7.99. The number of aliphatic hydroxyl groups is 1. The number of H-pyrrole nitrogens is 1. The van der Waals surface area contributed by atoms with E-state index in [1.54, 1.807) is 30.3 Å². The van der Waals surface area contributed by atoms with E-state index in [2.05, 4.69) is 83.1 Å². The van der Waals surface area contributed by atoms with Crippen LogP contribution in [0.1, 0.15) is 111 Å². The van der Waals surface area contributed by atoms with Gasteiger partial charge < -0.3 is 44.5 Å². The van der Waals surface area contributed by atoms with Crippen LogP contribution in [0.5, 0.6) is 5.75 Å². The van der Waals surface area contributed by atoms with Crippen LogP contribution in [-0.2, 0) is 56.9 Å². The molecule has 3 saturated heterocycles. The van der Waals surface area contributed by atoms with Crippen LogP contribution in [0.3, 0.4) is 0 Å². The Kier molecular flexibility index (Phi) is 25.7. The number of methoxy groups -OCH3 is 1. The normalized spacial score (nSPS) is 22.7. The van der Waals surface area contributed by atoms with Gasteiger partial charge in [0.2, 0.25) is 17.7 Å². The molecule has 1 unspecified atom stereocenters. The van der Waals surface area contributed by atoms with Gasteiger partial charge in [0.1, 0.15) is 29.8 Å². The van der Waals surface area contributed by atoms with Gasteiger partial charge in [0.05, 0.1) is 50.2 Å². The lowest BCUT2D eigenvalue weighted by Crippen LogP contribution is -2.53. The Morgan fingerprint density at radius 1 is 0.811 bits per heavy atom. The van der Waals surface area contributed by atoms with Gasteiger partial charge in [0.15, 0.2) is 17.7 Å². The largest absolute Gasteiger partial charge is 0.459 e. The number of aliphatic hydroxyl groups excluding tert-OH is 1. The number of aromatic amines is 1. The summed E-state index contributed by atoms with van der Waals surface area (Å²) in [7, 11) is -0.791. The third kappa shape index (κ3) is 17.9. The van der Waals surface area contributed by atoms with Crippen molar-refractivity contribution in [3.05, 3.63) is 115 Å². The molecule has 0 saturated carbocycles. The zero-order valence-corrected chi connectivity index (χ0v) is 53.1. The first-order valence-electron chi connectivity index (χ1n) is 29.8. The topological polar surface area (TPSA) is 315 Å². The molecule has 4 amide bonds. The summed E-state index contributed by atoms with van der Waals surface area (Å²) in [4.78, 5) is 113. The predicted molar refractivity (Wildman–Crippen MR) is 328 cm³/mol. The molecule has 4 aromatic rings. The molecule has 26 heteroatoms. The van der Waals surface area contributed by atoms with Gasteiger partial charge in [-0.15, -0.1) is 0 Å². The zero-order valence-electron chi connectivity index (χ0n) is 52.3. The lowest BCUT2D eigenvalue weighted by atomic mass is 9.95. The number of alkyl halides is 1. The lowest BCUT2D eigenvalue weighted by Gasteiger charge is -2.32. The van der Waals surface area contributed by atoms with Crippen molar-refractivity contribution in [1.82, 2.24) is 40.4 Å². The number of likely N-dealkylation sites (N-methyl/N-ethyl adjacent to an activating group) is 1. The van der Waals surface area contributed by atoms with Gasteiger partial charge in [-0.2, -0.15) is 19.2 Å². The lowest BCUT2D eigenvalue weighted by molar-refractivity contribution is -0.193. The maximum absolute atomic E-state index is 15.4. The fourth-order valence-electron chi connectivity index (χ4n) is 11.1. The number of halogens is 1. The minimum absolute atomic E-state index is 0.0396. The van der Waals surface area contributed by atoms with E-state index in [-0.39, 0.29) is 66.0 Å². The van der Waals surface area contributed by atoms with Crippen LogP contribution in [0.4, 0.5) is 9.18 Å². The van der Waals surface area contributed by atoms with E-state index in [4.69, 9.17) is 47.7 Å². The summed E-state index contributed by atoms with van der Waals surface area (Å²) in [6.07, 6.45) is 5.48. The van der Waals surface area contributed by atoms with Gasteiger partial charge in [-0.1, -0.05) is 108 Å². The van der Waals surface area contributed by atoms with E-state index in [0.717, 1.165) is 101 Å². The summed E-state index contributed by atoms with van der Waals surface area (Å²) in [5.41, 5.74) is 5.07. The molecule has 3 aromatic carbocycles. The number of carbonyl (C=O) groups is 5. The Morgan fingerprint density at radius 3 is 1.92 bits per heavy atom. The van der Waals surface area contributed by atoms with E-state index in [1.165, 1.54) is 7.11 Å². The average Bonchev–Trinajstić information content (AvgIpc) is 1.65. The number of para-hydroxylation sites is 1. The van der Waals surface area contributed by atoms with Crippen LogP contribution < -0.4 is 20.2 Å². The maximum Gasteiger partial charge on any atom is 0.459 e. The first kappa shape index (κ1) is 71.0. The molecule has 0 aliphatic carbocycles. The van der Waals surface area contributed by atoms with Crippen molar-refractivity contribution >= 4 is 60.9 Å². The Hall–Kier alpha value is -8.11. The van der Waals surface area contributed by atoms with E-state index >= 15 is 4.39 Å². The number of allylic oxidation sites excluding steroid dienone is 2. The smallest absolute Gasteiger partial charge is 0.453 e. The van der Waals surface area contributed by atoms with Crippen LogP contribution in [0.25, 0.3) is 28.0 Å². The molecule has 9 rings (SSSR count). The number of amides is 4. The summed E-state index contributed by atoms with van der Waals surface area (Å²) in [6, 6.07) is 24.2. The summed E-state index contributed by atoms with van der Waals surface area (Å²) in [5.74, 6) is 0.389. The quantitative estimate of drug-likeness (QED) is 0.0413. The number of nitrogens with zero attached hydrogens (tertiary/aromatic N) is 5. The molecule has 0 spiro atoms. The molecule has 5 aliphatic heterocycles. The molecule has 5 N–H and O–H groups in total. The molecule has 1 aromatic heterocycles. The van der Waals surface area contributed by atoms with Crippen molar-refractivity contribution < 1.29 is 75.7 Å². The molecule has 6 heterocycles. The number of rotatable bonds is 20. The number of imidazole rings is 1. The van der Waals surface area contributed by atoms with Crippen LogP contribution in [0.2, 0.25) is 0 Å². The van der Waals surface area contributed by atoms with Gasteiger partial charge in [-0.05, 0) is 110 Å².